The molecule has 5 heteroatoms. The average molecular weight is 289 g/mol. The summed E-state index contributed by atoms with van der Waals surface area (Å²) in [6.07, 6.45) is 0. The van der Waals surface area contributed by atoms with Gasteiger partial charge in [-0.15, -0.1) is 0 Å². The Morgan fingerprint density at radius 2 is 1.81 bits per heavy atom. The van der Waals surface area contributed by atoms with Gasteiger partial charge in [-0.05, 0) is 44.7 Å². The Morgan fingerprint density at radius 3 is 2.43 bits per heavy atom. The molecule has 0 atom stereocenters. The Kier molecular flexibility index (Phi) is 5.22. The van der Waals surface area contributed by atoms with Crippen LogP contribution in [0.1, 0.15) is 25.1 Å². The quantitative estimate of drug-likeness (QED) is 0.851. The summed E-state index contributed by atoms with van der Waals surface area (Å²) in [4.78, 5) is 0. The van der Waals surface area contributed by atoms with E-state index < -0.39 is 0 Å². The van der Waals surface area contributed by atoms with Crippen LogP contribution in [0.15, 0.2) is 24.3 Å². The van der Waals surface area contributed by atoms with Crippen molar-refractivity contribution >= 4 is 0 Å². The molecule has 0 aliphatic rings. The molecule has 0 aliphatic heterocycles. The molecular formula is C16H23N3O2. The van der Waals surface area contributed by atoms with E-state index in [9.17, 15) is 0 Å². The Morgan fingerprint density at radius 1 is 1.14 bits per heavy atom. The lowest BCUT2D eigenvalue weighted by Gasteiger charge is -2.10. The molecule has 0 radical (unpaired) electrons. The molecule has 5 nitrogen and oxygen atoms in total. The van der Waals surface area contributed by atoms with Crippen LogP contribution in [0.2, 0.25) is 0 Å². The van der Waals surface area contributed by atoms with E-state index in [-0.39, 0.29) is 0 Å². The van der Waals surface area contributed by atoms with E-state index in [0.29, 0.717) is 6.61 Å². The minimum atomic E-state index is 0.661. The van der Waals surface area contributed by atoms with E-state index in [1.54, 1.807) is 4.68 Å². The molecule has 0 fully saturated rings. The number of benzene rings is 1. The van der Waals surface area contributed by atoms with Crippen LogP contribution in [0.25, 0.3) is 0 Å². The first kappa shape index (κ1) is 15.4. The van der Waals surface area contributed by atoms with Crippen LogP contribution in [0.3, 0.4) is 0 Å². The van der Waals surface area contributed by atoms with Gasteiger partial charge in [0, 0.05) is 13.6 Å². The second-order valence-electron chi connectivity index (χ2n) is 4.78. The fourth-order valence-corrected chi connectivity index (χ4v) is 2.14. The number of hydrogen-bond acceptors (Lipinski definition) is 4. The summed E-state index contributed by atoms with van der Waals surface area (Å²) in [7, 11) is 1.90. The number of nitrogens with one attached hydrogen (secondary N) is 1. The van der Waals surface area contributed by atoms with Crippen LogP contribution in [-0.4, -0.2) is 22.9 Å². The number of rotatable bonds is 7. The molecule has 21 heavy (non-hydrogen) atoms. The highest BCUT2D eigenvalue weighted by molar-refractivity contribution is 5.37. The normalized spacial score (nSPS) is 10.7. The Balaban J connectivity index is 2.18. The average Bonchev–Trinajstić information content (AvgIpc) is 2.73. The highest BCUT2D eigenvalue weighted by Crippen LogP contribution is 2.28. The molecule has 0 amide bonds. The van der Waals surface area contributed by atoms with Crippen molar-refractivity contribution in [3.63, 3.8) is 0 Å². The molecule has 1 aromatic carbocycles. The summed E-state index contributed by atoms with van der Waals surface area (Å²) in [6, 6.07) is 7.63. The highest BCUT2D eigenvalue weighted by Gasteiger charge is 2.15. The summed E-state index contributed by atoms with van der Waals surface area (Å²) in [5, 5.41) is 7.75. The minimum absolute atomic E-state index is 0.661. The summed E-state index contributed by atoms with van der Waals surface area (Å²) in [6.45, 7) is 8.37. The van der Waals surface area contributed by atoms with Gasteiger partial charge in [0.15, 0.2) is 0 Å². The molecule has 2 aromatic rings. The molecule has 0 spiro atoms. The summed E-state index contributed by atoms with van der Waals surface area (Å²) in [5.74, 6) is 2.40. The number of aryl methyl sites for hydroxylation is 2. The zero-order valence-corrected chi connectivity index (χ0v) is 13.1. The second-order valence-corrected chi connectivity index (χ2v) is 4.78. The van der Waals surface area contributed by atoms with Gasteiger partial charge in [-0.2, -0.15) is 5.10 Å². The maximum Gasteiger partial charge on any atom is 0.222 e. The van der Waals surface area contributed by atoms with E-state index in [1.165, 1.54) is 0 Å². The maximum atomic E-state index is 6.00. The van der Waals surface area contributed by atoms with Gasteiger partial charge in [-0.3, -0.25) is 0 Å². The third-order valence-corrected chi connectivity index (χ3v) is 3.19. The predicted octanol–water partition coefficient (Wildman–Crippen LogP) is 3.03. The summed E-state index contributed by atoms with van der Waals surface area (Å²) >= 11 is 0. The van der Waals surface area contributed by atoms with Crippen molar-refractivity contribution in [3.05, 3.63) is 35.5 Å². The molecule has 1 aromatic heterocycles. The molecule has 1 N–H and O–H groups in total. The van der Waals surface area contributed by atoms with E-state index in [4.69, 9.17) is 9.47 Å². The molecule has 0 bridgehead atoms. The van der Waals surface area contributed by atoms with Gasteiger partial charge < -0.3 is 14.8 Å². The monoisotopic (exact) mass is 289 g/mol. The molecule has 0 aliphatic carbocycles. The second kappa shape index (κ2) is 7.13. The zero-order valence-electron chi connectivity index (χ0n) is 13.1. The fourth-order valence-electron chi connectivity index (χ4n) is 2.14. The lowest BCUT2D eigenvalue weighted by Crippen LogP contribution is -2.12. The first-order valence-corrected chi connectivity index (χ1v) is 7.29. The van der Waals surface area contributed by atoms with Gasteiger partial charge in [0.2, 0.25) is 5.88 Å². The van der Waals surface area contributed by atoms with Crippen molar-refractivity contribution in [1.29, 1.82) is 0 Å². The molecule has 0 unspecified atom stereocenters. The third kappa shape index (κ3) is 3.76. The Labute approximate surface area is 125 Å². The SMILES string of the molecule is CCNCc1c(C)nn(C)c1Oc1ccc(OCC)cc1. The molecule has 0 saturated heterocycles. The van der Waals surface area contributed by atoms with Crippen molar-refractivity contribution in [3.8, 4) is 17.4 Å². The number of aromatic nitrogens is 2. The van der Waals surface area contributed by atoms with Crippen LogP contribution in [-0.2, 0) is 13.6 Å². The van der Waals surface area contributed by atoms with Crippen molar-refractivity contribution in [1.82, 2.24) is 15.1 Å². The van der Waals surface area contributed by atoms with Crippen molar-refractivity contribution in [2.24, 2.45) is 7.05 Å². The standard InChI is InChI=1S/C16H23N3O2/c1-5-17-11-15-12(3)18-19(4)16(15)21-14-9-7-13(8-10-14)20-6-2/h7-10,17H,5-6,11H2,1-4H3. The Hall–Kier alpha value is -2.01. The van der Waals surface area contributed by atoms with Crippen molar-refractivity contribution < 1.29 is 9.47 Å². The number of hydrogen-bond donors (Lipinski definition) is 1. The van der Waals surface area contributed by atoms with Gasteiger partial charge in [-0.25, -0.2) is 4.68 Å². The highest BCUT2D eigenvalue weighted by atomic mass is 16.5. The smallest absolute Gasteiger partial charge is 0.222 e. The summed E-state index contributed by atoms with van der Waals surface area (Å²) < 4.78 is 13.2. The summed E-state index contributed by atoms with van der Waals surface area (Å²) in [5.41, 5.74) is 2.08. The van der Waals surface area contributed by atoms with Crippen molar-refractivity contribution in [2.75, 3.05) is 13.2 Å². The van der Waals surface area contributed by atoms with Crippen LogP contribution in [0.5, 0.6) is 17.4 Å². The first-order valence-electron chi connectivity index (χ1n) is 7.29. The van der Waals surface area contributed by atoms with E-state index in [2.05, 4.69) is 17.3 Å². The predicted molar refractivity (Wildman–Crippen MR) is 83.0 cm³/mol. The van der Waals surface area contributed by atoms with Gasteiger partial charge >= 0.3 is 0 Å². The third-order valence-electron chi connectivity index (χ3n) is 3.19. The van der Waals surface area contributed by atoms with Gasteiger partial charge in [0.1, 0.15) is 11.5 Å². The van der Waals surface area contributed by atoms with E-state index in [1.807, 2.05) is 45.2 Å². The van der Waals surface area contributed by atoms with Crippen LogP contribution in [0, 0.1) is 6.92 Å². The van der Waals surface area contributed by atoms with Crippen LogP contribution < -0.4 is 14.8 Å². The minimum Gasteiger partial charge on any atom is -0.494 e. The molecule has 1 heterocycles. The van der Waals surface area contributed by atoms with Gasteiger partial charge in [-0.1, -0.05) is 6.92 Å². The zero-order chi connectivity index (χ0) is 15.2. The molecule has 0 saturated carbocycles. The van der Waals surface area contributed by atoms with Crippen LogP contribution >= 0.6 is 0 Å². The molecular weight excluding hydrogens is 266 g/mol. The number of nitrogens with zero attached hydrogens (tertiary/aromatic N) is 2. The molecule has 114 valence electrons. The molecule has 2 rings (SSSR count). The number of ether oxygens (including phenoxy) is 2. The Bertz CT molecular complexity index is 576. The van der Waals surface area contributed by atoms with Crippen LogP contribution in [0.4, 0.5) is 0 Å². The van der Waals surface area contributed by atoms with Gasteiger partial charge in [0.05, 0.1) is 17.9 Å². The van der Waals surface area contributed by atoms with Gasteiger partial charge in [0.25, 0.3) is 0 Å². The van der Waals surface area contributed by atoms with Crippen molar-refractivity contribution in [2.45, 2.75) is 27.3 Å². The largest absolute Gasteiger partial charge is 0.494 e. The fraction of sp³-hybridized carbons (Fsp3) is 0.438. The first-order chi connectivity index (χ1) is 10.2. The maximum absolute atomic E-state index is 6.00. The topological polar surface area (TPSA) is 48.3 Å². The lowest BCUT2D eigenvalue weighted by molar-refractivity contribution is 0.339. The van der Waals surface area contributed by atoms with E-state index in [0.717, 1.165) is 41.7 Å². The van der Waals surface area contributed by atoms with E-state index >= 15 is 0 Å². The lowest BCUT2D eigenvalue weighted by atomic mass is 10.2.